The van der Waals surface area contributed by atoms with Crippen LogP contribution in [0.1, 0.15) is 24.1 Å². The van der Waals surface area contributed by atoms with E-state index in [-0.39, 0.29) is 23.0 Å². The Kier molecular flexibility index (Phi) is 5.79. The third kappa shape index (κ3) is 3.77. The zero-order chi connectivity index (χ0) is 20.3. The van der Waals surface area contributed by atoms with Crippen LogP contribution in [0.25, 0.3) is 5.70 Å². The third-order valence-electron chi connectivity index (χ3n) is 4.13. The fourth-order valence-corrected chi connectivity index (χ4v) is 3.17. The summed E-state index contributed by atoms with van der Waals surface area (Å²) < 4.78 is 33.8. The fourth-order valence-electron chi connectivity index (χ4n) is 2.95. The van der Waals surface area contributed by atoms with Crippen molar-refractivity contribution in [3.8, 4) is 0 Å². The van der Waals surface area contributed by atoms with Crippen LogP contribution >= 0.6 is 12.2 Å². The van der Waals surface area contributed by atoms with Gasteiger partial charge in [0.05, 0.1) is 29.5 Å². The molecule has 0 aliphatic carbocycles. The van der Waals surface area contributed by atoms with E-state index < -0.39 is 35.0 Å². The minimum Gasteiger partial charge on any atom is -0.460 e. The summed E-state index contributed by atoms with van der Waals surface area (Å²) in [7, 11) is 0. The Morgan fingerprint density at radius 2 is 1.71 bits per heavy atom. The molecule has 28 heavy (non-hydrogen) atoms. The van der Waals surface area contributed by atoms with Crippen molar-refractivity contribution in [2.45, 2.75) is 13.0 Å². The number of ketones is 1. The average Bonchev–Trinajstić information content (AvgIpc) is 2.68. The number of nitrogens with one attached hydrogen (secondary N) is 2. The molecule has 2 aromatic rings. The van der Waals surface area contributed by atoms with Crippen LogP contribution in [-0.4, -0.2) is 23.5 Å². The van der Waals surface area contributed by atoms with Crippen molar-refractivity contribution < 1.29 is 23.1 Å². The van der Waals surface area contributed by atoms with Gasteiger partial charge >= 0.3 is 5.97 Å². The lowest BCUT2D eigenvalue weighted by molar-refractivity contribution is -0.151. The van der Waals surface area contributed by atoms with Crippen molar-refractivity contribution >= 4 is 34.8 Å². The predicted octanol–water partition coefficient (Wildman–Crippen LogP) is 3.03. The van der Waals surface area contributed by atoms with E-state index in [1.807, 2.05) is 0 Å². The van der Waals surface area contributed by atoms with E-state index in [2.05, 4.69) is 10.6 Å². The molecule has 1 aliphatic heterocycles. The van der Waals surface area contributed by atoms with Crippen molar-refractivity contribution in [3.05, 3.63) is 76.9 Å². The number of carbonyl (C=O) groups excluding carboxylic acids is 2. The third-order valence-corrected chi connectivity index (χ3v) is 4.35. The Hall–Kier alpha value is -3.13. The van der Waals surface area contributed by atoms with Gasteiger partial charge in [-0.15, -0.1) is 0 Å². The van der Waals surface area contributed by atoms with E-state index in [0.717, 1.165) is 12.1 Å². The molecule has 2 N–H and O–H groups in total. The van der Waals surface area contributed by atoms with Crippen molar-refractivity contribution in [2.24, 2.45) is 0 Å². The largest absolute Gasteiger partial charge is 0.460 e. The number of Topliss-reactive ketones (excluding diaryl/α,β-unsaturated/α-hetero) is 1. The monoisotopic (exact) mass is 402 g/mol. The van der Waals surface area contributed by atoms with Crippen molar-refractivity contribution in [1.82, 2.24) is 10.6 Å². The molecule has 5 nitrogen and oxygen atoms in total. The van der Waals surface area contributed by atoms with Gasteiger partial charge in [0.1, 0.15) is 11.6 Å². The van der Waals surface area contributed by atoms with E-state index in [1.165, 1.54) is 6.07 Å². The van der Waals surface area contributed by atoms with Crippen LogP contribution in [0, 0.1) is 11.6 Å². The van der Waals surface area contributed by atoms with Gasteiger partial charge in [0.15, 0.2) is 5.11 Å². The highest BCUT2D eigenvalue weighted by Gasteiger charge is 2.38. The minimum atomic E-state index is -1.30. The molecule has 0 saturated carbocycles. The summed E-state index contributed by atoms with van der Waals surface area (Å²) >= 11 is 5.17. The maximum atomic E-state index is 14.5. The topological polar surface area (TPSA) is 67.4 Å². The molecule has 1 heterocycles. The summed E-state index contributed by atoms with van der Waals surface area (Å²) in [5, 5.41) is 5.58. The zero-order valence-corrected chi connectivity index (χ0v) is 15.6. The van der Waals surface area contributed by atoms with E-state index in [4.69, 9.17) is 17.0 Å². The SMILES string of the molecule is CCOC(=O)C(=O)C1=C(c2ccccc2)NC(=S)N[C@H]1c1c(F)cccc1F. The number of hydrogen-bond acceptors (Lipinski definition) is 4. The van der Waals surface area contributed by atoms with Gasteiger partial charge < -0.3 is 15.4 Å². The molecular formula is C20H16F2N2O3S. The number of rotatable bonds is 5. The Morgan fingerprint density at radius 3 is 2.32 bits per heavy atom. The molecule has 0 amide bonds. The van der Waals surface area contributed by atoms with Gasteiger partial charge in [-0.3, -0.25) is 4.79 Å². The van der Waals surface area contributed by atoms with Gasteiger partial charge in [0, 0.05) is 0 Å². The first-order chi connectivity index (χ1) is 13.4. The predicted molar refractivity (Wildman–Crippen MR) is 103 cm³/mol. The van der Waals surface area contributed by atoms with Crippen LogP contribution in [-0.2, 0) is 14.3 Å². The normalized spacial score (nSPS) is 16.2. The smallest absolute Gasteiger partial charge is 0.379 e. The molecule has 0 bridgehead atoms. The molecule has 0 saturated heterocycles. The first-order valence-electron chi connectivity index (χ1n) is 8.46. The lowest BCUT2D eigenvalue weighted by Crippen LogP contribution is -2.46. The molecule has 0 aromatic heterocycles. The van der Waals surface area contributed by atoms with Gasteiger partial charge in [-0.2, -0.15) is 0 Å². The molecule has 2 aromatic carbocycles. The number of thiocarbonyl (C=S) groups is 1. The molecule has 0 unspecified atom stereocenters. The second-order valence-corrected chi connectivity index (χ2v) is 6.28. The minimum absolute atomic E-state index is 0.0173. The Bertz CT molecular complexity index is 956. The number of halogens is 2. The van der Waals surface area contributed by atoms with Crippen molar-refractivity contribution in [2.75, 3.05) is 6.61 Å². The Morgan fingerprint density at radius 1 is 1.07 bits per heavy atom. The number of benzene rings is 2. The van der Waals surface area contributed by atoms with Gasteiger partial charge in [0.25, 0.3) is 5.78 Å². The molecule has 8 heteroatoms. The lowest BCUT2D eigenvalue weighted by atomic mass is 9.89. The van der Waals surface area contributed by atoms with E-state index in [9.17, 15) is 18.4 Å². The molecule has 0 radical (unpaired) electrons. The first kappa shape index (κ1) is 19.6. The van der Waals surface area contributed by atoms with Gasteiger partial charge in [-0.1, -0.05) is 36.4 Å². The molecule has 3 rings (SSSR count). The number of esters is 1. The standard InChI is InChI=1S/C20H16F2N2O3S/c1-2-27-19(26)18(25)15-16(11-7-4-3-5-8-11)23-20(28)24-17(15)14-12(21)9-6-10-13(14)22/h3-10,17H,2H2,1H3,(H2,23,24,28)/t17-/m0/s1. The number of hydrogen-bond donors (Lipinski definition) is 2. The molecule has 1 aliphatic rings. The number of carbonyl (C=O) groups is 2. The Labute approximate surface area is 165 Å². The van der Waals surface area contributed by atoms with Crippen LogP contribution in [0.4, 0.5) is 8.78 Å². The van der Waals surface area contributed by atoms with Gasteiger partial charge in [-0.25, -0.2) is 13.6 Å². The maximum Gasteiger partial charge on any atom is 0.379 e. The summed E-state index contributed by atoms with van der Waals surface area (Å²) in [4.78, 5) is 25.0. The van der Waals surface area contributed by atoms with E-state index >= 15 is 0 Å². The van der Waals surface area contributed by atoms with E-state index in [1.54, 1.807) is 37.3 Å². The summed E-state index contributed by atoms with van der Waals surface area (Å²) in [5.74, 6) is -3.88. The summed E-state index contributed by atoms with van der Waals surface area (Å²) in [6, 6.07) is 10.6. The molecule has 0 spiro atoms. The van der Waals surface area contributed by atoms with Crippen LogP contribution in [0.15, 0.2) is 54.1 Å². The Balaban J connectivity index is 2.26. The highest BCUT2D eigenvalue weighted by molar-refractivity contribution is 7.80. The van der Waals surface area contributed by atoms with Crippen molar-refractivity contribution in [1.29, 1.82) is 0 Å². The highest BCUT2D eigenvalue weighted by Crippen LogP contribution is 2.34. The number of ether oxygens (including phenoxy) is 1. The molecule has 1 atom stereocenters. The van der Waals surface area contributed by atoms with Crippen LogP contribution in [0.5, 0.6) is 0 Å². The van der Waals surface area contributed by atoms with Gasteiger partial charge in [0.2, 0.25) is 0 Å². The van der Waals surface area contributed by atoms with Crippen LogP contribution in [0.3, 0.4) is 0 Å². The van der Waals surface area contributed by atoms with Crippen LogP contribution in [0.2, 0.25) is 0 Å². The lowest BCUT2D eigenvalue weighted by Gasteiger charge is -2.31. The quantitative estimate of drug-likeness (QED) is 0.455. The van der Waals surface area contributed by atoms with E-state index in [0.29, 0.717) is 5.56 Å². The second kappa shape index (κ2) is 8.26. The second-order valence-electron chi connectivity index (χ2n) is 5.87. The maximum absolute atomic E-state index is 14.5. The van der Waals surface area contributed by atoms with Crippen molar-refractivity contribution in [3.63, 3.8) is 0 Å². The van der Waals surface area contributed by atoms with Crippen LogP contribution < -0.4 is 10.6 Å². The summed E-state index contributed by atoms with van der Waals surface area (Å²) in [6.45, 7) is 1.54. The average molecular weight is 402 g/mol. The highest BCUT2D eigenvalue weighted by atomic mass is 32.1. The molecule has 0 fully saturated rings. The molecule has 144 valence electrons. The summed E-state index contributed by atoms with van der Waals surface area (Å²) in [5.41, 5.74) is 0.130. The zero-order valence-electron chi connectivity index (χ0n) is 14.8. The molecular weight excluding hydrogens is 386 g/mol. The summed E-state index contributed by atoms with van der Waals surface area (Å²) in [6.07, 6.45) is 0. The fraction of sp³-hybridized carbons (Fsp3) is 0.150. The first-order valence-corrected chi connectivity index (χ1v) is 8.87. The van der Waals surface area contributed by atoms with Gasteiger partial charge in [-0.05, 0) is 36.8 Å².